The molecule has 3 amide bonds. The second-order valence-corrected chi connectivity index (χ2v) is 5.04. The summed E-state index contributed by atoms with van der Waals surface area (Å²) in [6, 6.07) is 0.147. The van der Waals surface area contributed by atoms with E-state index in [2.05, 4.69) is 0 Å². The Labute approximate surface area is 94.9 Å². The molecule has 1 saturated carbocycles. The van der Waals surface area contributed by atoms with Crippen LogP contribution >= 0.6 is 0 Å². The molecule has 3 atom stereocenters. The molecule has 3 fully saturated rings. The zero-order chi connectivity index (χ0) is 11.4. The summed E-state index contributed by atoms with van der Waals surface area (Å²) in [6.45, 7) is 0. The van der Waals surface area contributed by atoms with Crippen molar-refractivity contribution >= 4 is 11.9 Å². The Hall–Kier alpha value is -1.10. The van der Waals surface area contributed by atoms with Gasteiger partial charge in [-0.25, -0.2) is 9.80 Å². The SMILES string of the molecule is CN1C(=O)[C@@H]2[C@@H]3CCCC[C@@H]3N2N(C)C1=O. The van der Waals surface area contributed by atoms with Gasteiger partial charge in [-0.1, -0.05) is 12.8 Å². The van der Waals surface area contributed by atoms with Crippen molar-refractivity contribution in [3.8, 4) is 0 Å². The highest BCUT2D eigenvalue weighted by Crippen LogP contribution is 2.45. The molecule has 0 aromatic carbocycles. The summed E-state index contributed by atoms with van der Waals surface area (Å²) in [5.74, 6) is 0.450. The van der Waals surface area contributed by atoms with Crippen LogP contribution in [-0.4, -0.2) is 53.0 Å². The topological polar surface area (TPSA) is 43.9 Å². The average Bonchev–Trinajstić information content (AvgIpc) is 2.27. The van der Waals surface area contributed by atoms with E-state index in [1.165, 1.54) is 17.7 Å². The summed E-state index contributed by atoms with van der Waals surface area (Å²) < 4.78 is 0. The van der Waals surface area contributed by atoms with Crippen molar-refractivity contribution in [3.63, 3.8) is 0 Å². The van der Waals surface area contributed by atoms with Gasteiger partial charge in [0.15, 0.2) is 0 Å². The number of likely N-dealkylation sites (N-methyl/N-ethyl adjacent to an activating group) is 1. The average molecular weight is 223 g/mol. The lowest BCUT2D eigenvalue weighted by Gasteiger charge is -2.61. The Morgan fingerprint density at radius 2 is 1.81 bits per heavy atom. The molecule has 5 heteroatoms. The summed E-state index contributed by atoms with van der Waals surface area (Å²) in [6.07, 6.45) is 4.69. The number of imide groups is 1. The molecule has 16 heavy (non-hydrogen) atoms. The second kappa shape index (κ2) is 3.20. The van der Waals surface area contributed by atoms with E-state index in [1.807, 2.05) is 5.01 Å². The third-order valence-corrected chi connectivity index (χ3v) is 4.31. The first-order chi connectivity index (χ1) is 7.63. The van der Waals surface area contributed by atoms with E-state index in [1.54, 1.807) is 19.1 Å². The number of hydrogen-bond acceptors (Lipinski definition) is 3. The van der Waals surface area contributed by atoms with Crippen LogP contribution in [0.25, 0.3) is 0 Å². The number of carbonyl (C=O) groups excluding carboxylic acids is 2. The molecule has 2 heterocycles. The van der Waals surface area contributed by atoms with Gasteiger partial charge in [-0.3, -0.25) is 14.7 Å². The molecule has 1 aliphatic carbocycles. The van der Waals surface area contributed by atoms with Crippen LogP contribution in [-0.2, 0) is 4.79 Å². The molecule has 0 spiro atoms. The van der Waals surface area contributed by atoms with Crippen molar-refractivity contribution in [1.29, 1.82) is 0 Å². The van der Waals surface area contributed by atoms with E-state index in [0.717, 1.165) is 12.8 Å². The predicted molar refractivity (Wildman–Crippen MR) is 57.3 cm³/mol. The third kappa shape index (κ3) is 1.04. The molecule has 0 bridgehead atoms. The van der Waals surface area contributed by atoms with Crippen molar-refractivity contribution in [2.75, 3.05) is 14.1 Å². The first kappa shape index (κ1) is 10.1. The highest BCUT2D eigenvalue weighted by Gasteiger charge is 2.59. The molecular weight excluding hydrogens is 206 g/mol. The van der Waals surface area contributed by atoms with Crippen molar-refractivity contribution < 1.29 is 9.59 Å². The van der Waals surface area contributed by atoms with Crippen LogP contribution in [0.3, 0.4) is 0 Å². The number of hydrazine groups is 1. The summed E-state index contributed by atoms with van der Waals surface area (Å²) >= 11 is 0. The molecule has 3 aliphatic rings. The lowest BCUT2D eigenvalue weighted by Crippen LogP contribution is -2.78. The monoisotopic (exact) mass is 223 g/mol. The smallest absolute Gasteiger partial charge is 0.272 e. The maximum Gasteiger partial charge on any atom is 0.340 e. The standard InChI is InChI=1S/C11H17N3O2/c1-12-10(15)9-7-5-3-4-6-8(7)14(9)13(2)11(12)16/h7-9H,3-6H2,1-2H3/t7-,8+,9+/m1/s1. The Morgan fingerprint density at radius 1 is 1.12 bits per heavy atom. The van der Waals surface area contributed by atoms with Crippen LogP contribution in [0.15, 0.2) is 0 Å². The van der Waals surface area contributed by atoms with Gasteiger partial charge >= 0.3 is 6.03 Å². The molecule has 3 rings (SSSR count). The predicted octanol–water partition coefficient (Wildman–Crippen LogP) is 0.668. The van der Waals surface area contributed by atoms with Crippen LogP contribution in [0, 0.1) is 5.92 Å². The lowest BCUT2D eigenvalue weighted by molar-refractivity contribution is -0.209. The van der Waals surface area contributed by atoms with Crippen molar-refractivity contribution in [1.82, 2.24) is 14.9 Å². The zero-order valence-electron chi connectivity index (χ0n) is 9.72. The number of rotatable bonds is 0. The molecule has 2 aliphatic heterocycles. The molecule has 5 nitrogen and oxygen atoms in total. The summed E-state index contributed by atoms with van der Waals surface area (Å²) in [4.78, 5) is 25.1. The molecular formula is C11H17N3O2. The van der Waals surface area contributed by atoms with Crippen LogP contribution in [0.2, 0.25) is 0 Å². The van der Waals surface area contributed by atoms with Gasteiger partial charge < -0.3 is 0 Å². The number of fused-ring (bicyclic) bond motifs is 4. The minimum absolute atomic E-state index is 0.0220. The Kier molecular flexibility index (Phi) is 2.01. The first-order valence-corrected chi connectivity index (χ1v) is 5.96. The first-order valence-electron chi connectivity index (χ1n) is 5.96. The van der Waals surface area contributed by atoms with E-state index in [9.17, 15) is 9.59 Å². The molecule has 2 saturated heterocycles. The minimum atomic E-state index is -0.203. The van der Waals surface area contributed by atoms with Crippen molar-refractivity contribution in [2.45, 2.75) is 37.8 Å². The Balaban J connectivity index is 1.90. The maximum absolute atomic E-state index is 12.0. The van der Waals surface area contributed by atoms with Gasteiger partial charge in [-0.2, -0.15) is 0 Å². The Bertz CT molecular complexity index is 357. The summed E-state index contributed by atoms with van der Waals surface area (Å²) in [5, 5.41) is 3.62. The fourth-order valence-corrected chi connectivity index (χ4v) is 3.45. The molecule has 0 N–H and O–H groups in total. The summed E-state index contributed by atoms with van der Waals surface area (Å²) in [5.41, 5.74) is 0. The van der Waals surface area contributed by atoms with Gasteiger partial charge in [0.1, 0.15) is 6.04 Å². The molecule has 0 radical (unpaired) electrons. The molecule has 0 unspecified atom stereocenters. The van der Waals surface area contributed by atoms with Gasteiger partial charge in [0, 0.05) is 26.1 Å². The number of urea groups is 1. The van der Waals surface area contributed by atoms with Crippen LogP contribution < -0.4 is 0 Å². The van der Waals surface area contributed by atoms with E-state index < -0.39 is 0 Å². The maximum atomic E-state index is 12.0. The molecule has 88 valence electrons. The molecule has 0 aromatic heterocycles. The number of carbonyl (C=O) groups is 2. The fraction of sp³-hybridized carbons (Fsp3) is 0.818. The van der Waals surface area contributed by atoms with Gasteiger partial charge in [-0.05, 0) is 12.8 Å². The minimum Gasteiger partial charge on any atom is -0.272 e. The van der Waals surface area contributed by atoms with Crippen LogP contribution in [0.5, 0.6) is 0 Å². The van der Waals surface area contributed by atoms with Gasteiger partial charge in [0.2, 0.25) is 5.91 Å². The number of hydrogen-bond donors (Lipinski definition) is 0. The summed E-state index contributed by atoms with van der Waals surface area (Å²) in [7, 11) is 3.34. The lowest BCUT2D eigenvalue weighted by atomic mass is 9.71. The van der Waals surface area contributed by atoms with Gasteiger partial charge in [-0.15, -0.1) is 0 Å². The third-order valence-electron chi connectivity index (χ3n) is 4.31. The van der Waals surface area contributed by atoms with E-state index in [0.29, 0.717) is 12.0 Å². The van der Waals surface area contributed by atoms with Crippen molar-refractivity contribution in [3.05, 3.63) is 0 Å². The van der Waals surface area contributed by atoms with Crippen LogP contribution in [0.1, 0.15) is 25.7 Å². The largest absolute Gasteiger partial charge is 0.340 e. The van der Waals surface area contributed by atoms with E-state index in [-0.39, 0.29) is 18.0 Å². The normalized spacial score (nSPS) is 39.2. The zero-order valence-corrected chi connectivity index (χ0v) is 9.72. The molecule has 0 aromatic rings. The van der Waals surface area contributed by atoms with Crippen LogP contribution in [0.4, 0.5) is 4.79 Å². The van der Waals surface area contributed by atoms with Gasteiger partial charge in [0.05, 0.1) is 0 Å². The second-order valence-electron chi connectivity index (χ2n) is 5.04. The van der Waals surface area contributed by atoms with Crippen molar-refractivity contribution in [2.24, 2.45) is 5.92 Å². The van der Waals surface area contributed by atoms with E-state index in [4.69, 9.17) is 0 Å². The van der Waals surface area contributed by atoms with E-state index >= 15 is 0 Å². The van der Waals surface area contributed by atoms with Gasteiger partial charge in [0.25, 0.3) is 0 Å². The highest BCUT2D eigenvalue weighted by atomic mass is 16.2. The number of amides is 3. The fourth-order valence-electron chi connectivity index (χ4n) is 3.45. The quantitative estimate of drug-likeness (QED) is 0.606. The number of nitrogens with zero attached hydrogens (tertiary/aromatic N) is 3. The highest BCUT2D eigenvalue weighted by molar-refractivity contribution is 5.99. The Morgan fingerprint density at radius 3 is 2.56 bits per heavy atom.